The van der Waals surface area contributed by atoms with E-state index in [1.54, 1.807) is 13.3 Å². The standard InChI is InChI=1S/C30H30ClN5O2S/c1-19-17-23(20(2)36(19)22-10-8-9-21(31)18-22)29-28(25-12-6-7-15-32-25)34-30(39)35(29)16-14-27(37)33-24-11-4-5-13-26(24)38-3/h4-13,15,17-18,28-29H,14,16H2,1-3H3,(H,33,37)(H,34,39)/t28-,29-/m0/s1. The minimum atomic E-state index is -0.177. The Hall–Kier alpha value is -3.88. The number of thiocarbonyl (C=S) groups is 1. The number of amides is 1. The minimum absolute atomic E-state index is 0.119. The van der Waals surface area contributed by atoms with Crippen LogP contribution in [0.1, 0.15) is 41.1 Å². The molecule has 1 saturated heterocycles. The van der Waals surface area contributed by atoms with Gasteiger partial charge in [-0.1, -0.05) is 35.9 Å². The third-order valence-electron chi connectivity index (χ3n) is 7.01. The number of nitrogens with zero attached hydrogens (tertiary/aromatic N) is 3. The van der Waals surface area contributed by atoms with Crippen molar-refractivity contribution in [3.05, 3.63) is 107 Å². The third kappa shape index (κ3) is 5.48. The number of carbonyl (C=O) groups excluding carboxylic acids is 1. The molecule has 0 bridgehead atoms. The molecule has 0 spiro atoms. The summed E-state index contributed by atoms with van der Waals surface area (Å²) in [6.07, 6.45) is 2.04. The van der Waals surface area contributed by atoms with Crippen LogP contribution < -0.4 is 15.4 Å². The molecule has 1 aliphatic heterocycles. The van der Waals surface area contributed by atoms with Crippen LogP contribution in [0.4, 0.5) is 5.69 Å². The quantitative estimate of drug-likeness (QED) is 0.252. The summed E-state index contributed by atoms with van der Waals surface area (Å²) in [5.74, 6) is 0.498. The van der Waals surface area contributed by atoms with Gasteiger partial charge in [0, 0.05) is 41.3 Å². The monoisotopic (exact) mass is 559 g/mol. The maximum atomic E-state index is 13.0. The first-order valence-corrected chi connectivity index (χ1v) is 13.5. The minimum Gasteiger partial charge on any atom is -0.495 e. The lowest BCUT2D eigenvalue weighted by molar-refractivity contribution is -0.116. The molecule has 5 rings (SSSR count). The number of nitrogens with one attached hydrogen (secondary N) is 2. The Balaban J connectivity index is 1.47. The van der Waals surface area contributed by atoms with Crippen LogP contribution in [0.3, 0.4) is 0 Å². The summed E-state index contributed by atoms with van der Waals surface area (Å²) in [5.41, 5.74) is 5.79. The molecule has 200 valence electrons. The normalized spacial score (nSPS) is 16.7. The fourth-order valence-corrected chi connectivity index (χ4v) is 5.78. The molecule has 1 amide bonds. The second-order valence-corrected chi connectivity index (χ2v) is 10.3. The summed E-state index contributed by atoms with van der Waals surface area (Å²) >= 11 is 12.1. The van der Waals surface area contributed by atoms with Crippen LogP contribution >= 0.6 is 23.8 Å². The van der Waals surface area contributed by atoms with Crippen LogP contribution in [0.25, 0.3) is 5.69 Å². The van der Waals surface area contributed by atoms with Crippen molar-refractivity contribution in [2.24, 2.45) is 0 Å². The Morgan fingerprint density at radius 3 is 2.64 bits per heavy atom. The number of benzene rings is 2. The highest BCUT2D eigenvalue weighted by molar-refractivity contribution is 7.80. The molecule has 0 saturated carbocycles. The van der Waals surface area contributed by atoms with Crippen molar-refractivity contribution < 1.29 is 9.53 Å². The second-order valence-electron chi connectivity index (χ2n) is 9.46. The zero-order chi connectivity index (χ0) is 27.5. The fourth-order valence-electron chi connectivity index (χ4n) is 5.27. The number of anilines is 1. The molecule has 0 aliphatic carbocycles. The first-order valence-electron chi connectivity index (χ1n) is 12.7. The topological polar surface area (TPSA) is 71.4 Å². The fraction of sp³-hybridized carbons (Fsp3) is 0.233. The van der Waals surface area contributed by atoms with E-state index >= 15 is 0 Å². The second kappa shape index (κ2) is 11.5. The molecule has 2 N–H and O–H groups in total. The first kappa shape index (κ1) is 26.7. The predicted molar refractivity (Wildman–Crippen MR) is 159 cm³/mol. The van der Waals surface area contributed by atoms with Gasteiger partial charge >= 0.3 is 0 Å². The largest absolute Gasteiger partial charge is 0.495 e. The number of aryl methyl sites for hydroxylation is 1. The average molecular weight is 560 g/mol. The Labute approximate surface area is 238 Å². The predicted octanol–water partition coefficient (Wildman–Crippen LogP) is 6.15. The molecule has 2 aromatic carbocycles. The van der Waals surface area contributed by atoms with Crippen LogP contribution in [0.5, 0.6) is 5.75 Å². The first-order chi connectivity index (χ1) is 18.9. The van der Waals surface area contributed by atoms with Crippen molar-refractivity contribution in [2.45, 2.75) is 32.4 Å². The number of ether oxygens (including phenoxy) is 1. The van der Waals surface area contributed by atoms with Crippen LogP contribution in [0, 0.1) is 13.8 Å². The molecular weight excluding hydrogens is 530 g/mol. The Morgan fingerprint density at radius 2 is 1.90 bits per heavy atom. The van der Waals surface area contributed by atoms with E-state index in [2.05, 4.69) is 45.0 Å². The summed E-state index contributed by atoms with van der Waals surface area (Å²) in [7, 11) is 1.58. The number of carbonyl (C=O) groups is 1. The van der Waals surface area contributed by atoms with Gasteiger partial charge in [0.15, 0.2) is 5.11 Å². The van der Waals surface area contributed by atoms with Gasteiger partial charge in [-0.25, -0.2) is 0 Å². The molecule has 2 atom stereocenters. The van der Waals surface area contributed by atoms with Gasteiger partial charge in [0.25, 0.3) is 0 Å². The van der Waals surface area contributed by atoms with Crippen molar-refractivity contribution in [2.75, 3.05) is 19.0 Å². The number of pyridine rings is 1. The number of hydrogen-bond donors (Lipinski definition) is 2. The smallest absolute Gasteiger partial charge is 0.226 e. The summed E-state index contributed by atoms with van der Waals surface area (Å²) in [6.45, 7) is 4.62. The molecule has 4 aromatic rings. The molecule has 7 nitrogen and oxygen atoms in total. The van der Waals surface area contributed by atoms with Crippen molar-refractivity contribution in [1.82, 2.24) is 19.8 Å². The van der Waals surface area contributed by atoms with Gasteiger partial charge in [0.05, 0.1) is 30.6 Å². The maximum absolute atomic E-state index is 13.0. The number of halogens is 1. The highest BCUT2D eigenvalue weighted by Gasteiger charge is 2.41. The summed E-state index contributed by atoms with van der Waals surface area (Å²) in [4.78, 5) is 19.7. The summed E-state index contributed by atoms with van der Waals surface area (Å²) in [6, 6.07) is 22.9. The van der Waals surface area contributed by atoms with Crippen LogP contribution in [0.15, 0.2) is 79.0 Å². The van der Waals surface area contributed by atoms with Gasteiger partial charge in [-0.15, -0.1) is 0 Å². The molecule has 9 heteroatoms. The molecular formula is C30H30ClN5O2S. The van der Waals surface area contributed by atoms with Crippen molar-refractivity contribution in [3.63, 3.8) is 0 Å². The third-order valence-corrected chi connectivity index (χ3v) is 7.60. The molecule has 1 aliphatic rings. The Bertz CT molecular complexity index is 1510. The SMILES string of the molecule is COc1ccccc1NC(=O)CCN1C(=S)N[C@@H](c2ccccn2)[C@@H]1c1cc(C)n(-c2cccc(Cl)c2)c1C. The Kier molecular flexibility index (Phi) is 7.86. The number of rotatable bonds is 8. The maximum Gasteiger partial charge on any atom is 0.226 e. The average Bonchev–Trinajstić information content (AvgIpc) is 3.42. The lowest BCUT2D eigenvalue weighted by Gasteiger charge is -2.28. The van der Waals surface area contributed by atoms with E-state index in [-0.39, 0.29) is 24.4 Å². The van der Waals surface area contributed by atoms with E-state index in [0.717, 1.165) is 28.3 Å². The van der Waals surface area contributed by atoms with Crippen molar-refractivity contribution in [1.29, 1.82) is 0 Å². The molecule has 1 fully saturated rings. The van der Waals surface area contributed by atoms with E-state index in [4.69, 9.17) is 28.6 Å². The van der Waals surface area contributed by atoms with Gasteiger partial charge in [0.1, 0.15) is 5.75 Å². The highest BCUT2D eigenvalue weighted by Crippen LogP contribution is 2.41. The summed E-state index contributed by atoms with van der Waals surface area (Å²) in [5, 5.41) is 7.71. The molecule has 39 heavy (non-hydrogen) atoms. The Morgan fingerprint density at radius 1 is 1.10 bits per heavy atom. The zero-order valence-corrected chi connectivity index (χ0v) is 23.6. The van der Waals surface area contributed by atoms with Gasteiger partial charge in [-0.2, -0.15) is 0 Å². The van der Waals surface area contributed by atoms with Gasteiger partial charge in [0.2, 0.25) is 5.91 Å². The van der Waals surface area contributed by atoms with E-state index in [9.17, 15) is 4.79 Å². The molecule has 0 unspecified atom stereocenters. The number of para-hydroxylation sites is 2. The molecule has 2 aromatic heterocycles. The van der Waals surface area contributed by atoms with Crippen LogP contribution in [-0.2, 0) is 4.79 Å². The van der Waals surface area contributed by atoms with Crippen molar-refractivity contribution >= 4 is 40.5 Å². The molecule has 0 radical (unpaired) electrons. The van der Waals surface area contributed by atoms with E-state index < -0.39 is 0 Å². The van der Waals surface area contributed by atoms with Gasteiger partial charge in [-0.3, -0.25) is 9.78 Å². The number of hydrogen-bond acceptors (Lipinski definition) is 4. The lowest BCUT2D eigenvalue weighted by Crippen LogP contribution is -2.33. The van der Waals surface area contributed by atoms with Crippen molar-refractivity contribution in [3.8, 4) is 11.4 Å². The number of aromatic nitrogens is 2. The summed E-state index contributed by atoms with van der Waals surface area (Å²) < 4.78 is 7.58. The van der Waals surface area contributed by atoms with Gasteiger partial charge in [-0.05, 0) is 80.2 Å². The molecule has 3 heterocycles. The van der Waals surface area contributed by atoms with E-state index in [1.807, 2.05) is 66.7 Å². The zero-order valence-electron chi connectivity index (χ0n) is 22.0. The van der Waals surface area contributed by atoms with E-state index in [0.29, 0.717) is 28.1 Å². The highest BCUT2D eigenvalue weighted by atomic mass is 35.5. The van der Waals surface area contributed by atoms with Crippen LogP contribution in [0.2, 0.25) is 5.02 Å². The lowest BCUT2D eigenvalue weighted by atomic mass is 9.96. The number of methoxy groups -OCH3 is 1. The van der Waals surface area contributed by atoms with Gasteiger partial charge < -0.3 is 24.8 Å². The van der Waals surface area contributed by atoms with Crippen LogP contribution in [-0.4, -0.2) is 39.1 Å². The van der Waals surface area contributed by atoms with E-state index in [1.165, 1.54) is 0 Å².